The van der Waals surface area contributed by atoms with E-state index >= 15 is 0 Å². The molecule has 0 bridgehead atoms. The first-order chi connectivity index (χ1) is 13.2. The summed E-state index contributed by atoms with van der Waals surface area (Å²) in [6.45, 7) is 0. The minimum atomic E-state index is -0.417. The van der Waals surface area contributed by atoms with Gasteiger partial charge >= 0.3 is 0 Å². The van der Waals surface area contributed by atoms with Gasteiger partial charge in [-0.1, -0.05) is 49.6 Å². The average Bonchev–Trinajstić information content (AvgIpc) is 3.15. The van der Waals surface area contributed by atoms with E-state index in [2.05, 4.69) is 10.6 Å². The van der Waals surface area contributed by atoms with Gasteiger partial charge in [0.1, 0.15) is 0 Å². The fourth-order valence-corrected chi connectivity index (χ4v) is 4.23. The number of anilines is 1. The van der Waals surface area contributed by atoms with Crippen molar-refractivity contribution >= 4 is 17.5 Å². The first-order valence-corrected chi connectivity index (χ1v) is 9.95. The molecule has 2 aromatic rings. The van der Waals surface area contributed by atoms with E-state index in [4.69, 9.17) is 0 Å². The fourth-order valence-electron chi connectivity index (χ4n) is 4.23. The number of carbonyl (C=O) groups is 2. The van der Waals surface area contributed by atoms with E-state index in [1.54, 1.807) is 12.1 Å². The van der Waals surface area contributed by atoms with Crippen LogP contribution in [0.25, 0.3) is 0 Å². The number of rotatable bonds is 5. The third-order valence-corrected chi connectivity index (χ3v) is 6.06. The van der Waals surface area contributed by atoms with Crippen LogP contribution in [0.15, 0.2) is 54.6 Å². The normalized spacial score (nSPS) is 18.5. The Kier molecular flexibility index (Phi) is 4.97. The van der Waals surface area contributed by atoms with Gasteiger partial charge in [0.15, 0.2) is 0 Å². The molecule has 4 rings (SSSR count). The third-order valence-electron chi connectivity index (χ3n) is 6.06. The van der Waals surface area contributed by atoms with E-state index < -0.39 is 5.41 Å². The lowest BCUT2D eigenvalue weighted by Crippen LogP contribution is -2.45. The molecule has 2 N–H and O–H groups in total. The maximum atomic E-state index is 13.0. The summed E-state index contributed by atoms with van der Waals surface area (Å²) in [5.41, 5.74) is 2.04. The van der Waals surface area contributed by atoms with Crippen molar-refractivity contribution < 1.29 is 9.59 Å². The quantitative estimate of drug-likeness (QED) is 0.827. The van der Waals surface area contributed by atoms with Crippen molar-refractivity contribution in [2.24, 2.45) is 0 Å². The Bertz CT molecular complexity index is 804. The van der Waals surface area contributed by atoms with Crippen molar-refractivity contribution in [3.05, 3.63) is 65.7 Å². The smallest absolute Gasteiger partial charge is 0.251 e. The standard InChI is InChI=1S/C23H26N2O2/c26-21(24-19-9-4-5-10-19)17-11-13-20(14-12-17)25-22(27)23(15-6-16-23)18-7-2-1-3-8-18/h1-3,7-8,11-14,19H,4-6,9-10,15-16H2,(H,24,26)(H,25,27). The third kappa shape index (κ3) is 3.61. The highest BCUT2D eigenvalue weighted by molar-refractivity contribution is 6.00. The topological polar surface area (TPSA) is 58.2 Å². The maximum Gasteiger partial charge on any atom is 0.251 e. The minimum Gasteiger partial charge on any atom is -0.349 e. The van der Waals surface area contributed by atoms with E-state index in [-0.39, 0.29) is 11.8 Å². The lowest BCUT2D eigenvalue weighted by molar-refractivity contribution is -0.124. The number of nitrogens with one attached hydrogen (secondary N) is 2. The van der Waals surface area contributed by atoms with Gasteiger partial charge in [-0.2, -0.15) is 0 Å². The SMILES string of the molecule is O=C(NC1CCCC1)c1ccc(NC(=O)C2(c3ccccc3)CCC2)cc1. The summed E-state index contributed by atoms with van der Waals surface area (Å²) in [6, 6.07) is 17.5. The van der Waals surface area contributed by atoms with Crippen molar-refractivity contribution in [3.63, 3.8) is 0 Å². The summed E-state index contributed by atoms with van der Waals surface area (Å²) in [5.74, 6) is 0.0163. The molecule has 0 atom stereocenters. The predicted octanol–water partition coefficient (Wildman–Crippen LogP) is 4.42. The van der Waals surface area contributed by atoms with Crippen LogP contribution in [-0.4, -0.2) is 17.9 Å². The number of hydrogen-bond donors (Lipinski definition) is 2. The molecule has 2 fully saturated rings. The molecule has 2 aromatic carbocycles. The molecule has 0 aromatic heterocycles. The largest absolute Gasteiger partial charge is 0.349 e. The molecule has 2 aliphatic rings. The van der Waals surface area contributed by atoms with Crippen molar-refractivity contribution in [2.45, 2.75) is 56.4 Å². The highest BCUT2D eigenvalue weighted by Crippen LogP contribution is 2.44. The molecule has 140 valence electrons. The fraction of sp³-hybridized carbons (Fsp3) is 0.391. The van der Waals surface area contributed by atoms with Crippen LogP contribution in [0.4, 0.5) is 5.69 Å². The summed E-state index contributed by atoms with van der Waals surface area (Å²) in [5, 5.41) is 6.14. The molecule has 2 aliphatic carbocycles. The van der Waals surface area contributed by atoms with E-state index in [1.165, 1.54) is 12.8 Å². The van der Waals surface area contributed by atoms with E-state index in [0.29, 0.717) is 11.6 Å². The van der Waals surface area contributed by atoms with Crippen LogP contribution in [-0.2, 0) is 10.2 Å². The van der Waals surface area contributed by atoms with Crippen LogP contribution in [0.2, 0.25) is 0 Å². The second kappa shape index (κ2) is 7.55. The van der Waals surface area contributed by atoms with Gasteiger partial charge in [-0.05, 0) is 55.5 Å². The summed E-state index contributed by atoms with van der Waals surface area (Å²) in [4.78, 5) is 25.3. The van der Waals surface area contributed by atoms with Gasteiger partial charge in [0.25, 0.3) is 5.91 Å². The summed E-state index contributed by atoms with van der Waals surface area (Å²) >= 11 is 0. The van der Waals surface area contributed by atoms with Gasteiger partial charge in [0.2, 0.25) is 5.91 Å². The Morgan fingerprint density at radius 1 is 0.852 bits per heavy atom. The number of amides is 2. The molecule has 4 nitrogen and oxygen atoms in total. The highest BCUT2D eigenvalue weighted by atomic mass is 16.2. The van der Waals surface area contributed by atoms with Crippen LogP contribution in [0.5, 0.6) is 0 Å². The lowest BCUT2D eigenvalue weighted by Gasteiger charge is -2.40. The molecule has 0 unspecified atom stereocenters. The number of benzene rings is 2. The molecule has 4 heteroatoms. The zero-order chi connectivity index (χ0) is 18.7. The summed E-state index contributed by atoms with van der Waals surface area (Å²) < 4.78 is 0. The van der Waals surface area contributed by atoms with Gasteiger partial charge < -0.3 is 10.6 Å². The average molecular weight is 362 g/mol. The molecule has 0 heterocycles. The Morgan fingerprint density at radius 2 is 1.52 bits per heavy atom. The maximum absolute atomic E-state index is 13.0. The van der Waals surface area contributed by atoms with E-state index in [1.807, 2.05) is 42.5 Å². The zero-order valence-electron chi connectivity index (χ0n) is 15.5. The number of carbonyl (C=O) groups excluding carboxylic acids is 2. The number of hydrogen-bond acceptors (Lipinski definition) is 2. The molecular weight excluding hydrogens is 336 g/mol. The predicted molar refractivity (Wildman–Crippen MR) is 107 cm³/mol. The molecular formula is C23H26N2O2. The molecule has 2 saturated carbocycles. The molecule has 0 spiro atoms. The molecule has 0 radical (unpaired) electrons. The van der Waals surface area contributed by atoms with Crippen LogP contribution in [0, 0.1) is 0 Å². The molecule has 2 amide bonds. The van der Waals surface area contributed by atoms with Crippen LogP contribution in [0.3, 0.4) is 0 Å². The minimum absolute atomic E-state index is 0.0282. The second-order valence-electron chi connectivity index (χ2n) is 7.79. The monoisotopic (exact) mass is 362 g/mol. The first-order valence-electron chi connectivity index (χ1n) is 9.95. The Morgan fingerprint density at radius 3 is 2.11 bits per heavy atom. The Labute approximate surface area is 160 Å². The Hall–Kier alpha value is -2.62. The van der Waals surface area contributed by atoms with Crippen molar-refractivity contribution in [1.29, 1.82) is 0 Å². The summed E-state index contributed by atoms with van der Waals surface area (Å²) in [6.07, 6.45) is 7.36. The Balaban J connectivity index is 1.42. The van der Waals surface area contributed by atoms with E-state index in [0.717, 1.165) is 43.4 Å². The van der Waals surface area contributed by atoms with Gasteiger partial charge in [0, 0.05) is 17.3 Å². The van der Waals surface area contributed by atoms with Gasteiger partial charge in [-0.15, -0.1) is 0 Å². The van der Waals surface area contributed by atoms with E-state index in [9.17, 15) is 9.59 Å². The van der Waals surface area contributed by atoms with Gasteiger partial charge in [-0.3, -0.25) is 9.59 Å². The van der Waals surface area contributed by atoms with Crippen molar-refractivity contribution in [2.75, 3.05) is 5.32 Å². The second-order valence-corrected chi connectivity index (χ2v) is 7.79. The lowest BCUT2D eigenvalue weighted by atomic mass is 9.64. The molecule has 27 heavy (non-hydrogen) atoms. The van der Waals surface area contributed by atoms with Crippen LogP contribution >= 0.6 is 0 Å². The van der Waals surface area contributed by atoms with Gasteiger partial charge in [0.05, 0.1) is 5.41 Å². The van der Waals surface area contributed by atoms with Crippen LogP contribution < -0.4 is 10.6 Å². The highest BCUT2D eigenvalue weighted by Gasteiger charge is 2.45. The zero-order valence-corrected chi connectivity index (χ0v) is 15.5. The first kappa shape index (κ1) is 17.8. The molecule has 0 aliphatic heterocycles. The van der Waals surface area contributed by atoms with Crippen molar-refractivity contribution in [1.82, 2.24) is 5.32 Å². The van der Waals surface area contributed by atoms with Gasteiger partial charge in [-0.25, -0.2) is 0 Å². The van der Waals surface area contributed by atoms with Crippen molar-refractivity contribution in [3.8, 4) is 0 Å². The van der Waals surface area contributed by atoms with Crippen LogP contribution in [0.1, 0.15) is 60.9 Å². The molecule has 0 saturated heterocycles. The summed E-state index contributed by atoms with van der Waals surface area (Å²) in [7, 11) is 0.